The summed E-state index contributed by atoms with van der Waals surface area (Å²) >= 11 is 0. The van der Waals surface area contributed by atoms with Crippen LogP contribution < -0.4 is 20.6 Å². The first-order chi connectivity index (χ1) is 27.0. The van der Waals surface area contributed by atoms with E-state index in [2.05, 4.69) is 225 Å². The molecule has 0 spiro atoms. The summed E-state index contributed by atoms with van der Waals surface area (Å²) in [5.41, 5.74) is 19.6. The van der Waals surface area contributed by atoms with Crippen LogP contribution in [0.2, 0.25) is 0 Å². The molecule has 2 heterocycles. The first-order valence-electron chi connectivity index (χ1n) is 19.3. The van der Waals surface area contributed by atoms with Crippen molar-refractivity contribution in [2.45, 2.75) is 19.3 Å². The van der Waals surface area contributed by atoms with Crippen molar-refractivity contribution in [1.82, 2.24) is 0 Å². The van der Waals surface area contributed by atoms with Gasteiger partial charge in [0.05, 0.1) is 22.7 Å². The van der Waals surface area contributed by atoms with Gasteiger partial charge in [-0.05, 0) is 79.7 Å². The van der Waals surface area contributed by atoms with E-state index in [0.29, 0.717) is 0 Å². The van der Waals surface area contributed by atoms with Gasteiger partial charge in [0.15, 0.2) is 0 Å². The smallest absolute Gasteiger partial charge is 0.328 e. The minimum absolute atomic E-state index is 0.0956. The van der Waals surface area contributed by atoms with E-state index in [1.807, 2.05) is 0 Å². The molecule has 55 heavy (non-hydrogen) atoms. The van der Waals surface area contributed by atoms with E-state index in [-0.39, 0.29) is 12.3 Å². The number of fused-ring (bicyclic) bond motifs is 4. The van der Waals surface area contributed by atoms with Gasteiger partial charge in [-0.3, -0.25) is 0 Å². The molecule has 0 fully saturated rings. The molecule has 0 aliphatic carbocycles. The molecule has 2 nitrogen and oxygen atoms in total. The largest absolute Gasteiger partial charge is 0.373 e. The van der Waals surface area contributed by atoms with Crippen molar-refractivity contribution < 1.29 is 0 Å². The van der Waals surface area contributed by atoms with Crippen molar-refractivity contribution in [3.63, 3.8) is 0 Å². The first-order valence-corrected chi connectivity index (χ1v) is 19.3. The highest BCUT2D eigenvalue weighted by Gasteiger charge is 2.46. The van der Waals surface area contributed by atoms with Gasteiger partial charge in [0, 0.05) is 23.6 Å². The Morgan fingerprint density at radius 2 is 0.727 bits per heavy atom. The van der Waals surface area contributed by atoms with E-state index < -0.39 is 0 Å². The van der Waals surface area contributed by atoms with Crippen molar-refractivity contribution in [2.24, 2.45) is 0 Å². The highest BCUT2D eigenvalue weighted by atomic mass is 15.2. The van der Waals surface area contributed by atoms with Gasteiger partial charge in [-0.2, -0.15) is 0 Å². The van der Waals surface area contributed by atoms with E-state index in [1.54, 1.807) is 0 Å². The van der Waals surface area contributed by atoms with Crippen LogP contribution in [0.25, 0.3) is 44.5 Å². The van der Waals surface area contributed by atoms with Gasteiger partial charge in [-0.25, -0.2) is 0 Å². The van der Waals surface area contributed by atoms with Gasteiger partial charge in [-0.1, -0.05) is 184 Å². The highest BCUT2D eigenvalue weighted by molar-refractivity contribution is 6.90. The molecule has 0 atom stereocenters. The fourth-order valence-corrected chi connectivity index (χ4v) is 9.23. The quantitative estimate of drug-likeness (QED) is 0.165. The van der Waals surface area contributed by atoms with Crippen LogP contribution in [0.5, 0.6) is 0 Å². The third-order valence-electron chi connectivity index (χ3n) is 11.9. The lowest BCUT2D eigenvalue weighted by Crippen LogP contribution is -2.63. The molecule has 0 amide bonds. The molecular formula is C52H41BN2. The molecule has 10 rings (SSSR count). The summed E-state index contributed by atoms with van der Waals surface area (Å²) in [6.07, 6.45) is 0. The molecule has 0 saturated heterocycles. The second-order valence-electron chi connectivity index (χ2n) is 15.4. The van der Waals surface area contributed by atoms with Crippen molar-refractivity contribution >= 4 is 40.5 Å². The summed E-state index contributed by atoms with van der Waals surface area (Å²) < 4.78 is 0. The summed E-state index contributed by atoms with van der Waals surface area (Å²) in [5, 5.41) is 0. The third-order valence-corrected chi connectivity index (χ3v) is 11.9. The predicted molar refractivity (Wildman–Crippen MR) is 235 cm³/mol. The average Bonchev–Trinajstić information content (AvgIpc) is 3.25. The van der Waals surface area contributed by atoms with Crippen molar-refractivity contribution in [1.29, 1.82) is 0 Å². The van der Waals surface area contributed by atoms with Crippen LogP contribution in [-0.2, 0) is 5.41 Å². The summed E-state index contributed by atoms with van der Waals surface area (Å²) in [6, 6.07) is 71.5. The minimum atomic E-state index is -0.166. The lowest BCUT2D eigenvalue weighted by Gasteiger charge is -2.48. The number of nitrogens with zero attached hydrogens (tertiary/aromatic N) is 2. The Balaban J connectivity index is 1.38. The zero-order chi connectivity index (χ0) is 37.1. The number of rotatable bonds is 5. The molecule has 0 saturated carbocycles. The molecule has 2 aliphatic rings. The maximum absolute atomic E-state index is 2.71. The first kappa shape index (κ1) is 33.0. The molecule has 3 heteroatoms. The fourth-order valence-electron chi connectivity index (χ4n) is 9.23. The average molecular weight is 705 g/mol. The van der Waals surface area contributed by atoms with Crippen LogP contribution in [0, 0.1) is 0 Å². The van der Waals surface area contributed by atoms with Crippen molar-refractivity contribution in [3.05, 3.63) is 205 Å². The summed E-state index contributed by atoms with van der Waals surface area (Å²) in [7, 11) is 2.26. The number of hydrogen-bond acceptors (Lipinski definition) is 2. The van der Waals surface area contributed by atoms with Gasteiger partial charge in [0.1, 0.15) is 0 Å². The SMILES string of the molecule is CN1c2cc(-c3ccccc3)cc(-c3ccccc3)c2N(B2c3ccccc3C(C)(C)c3ccccc32)c2c(-c3ccccc3)cc(-c3ccccc3)cc21. The number of benzene rings is 8. The Morgan fingerprint density at radius 3 is 1.13 bits per heavy atom. The number of anilines is 4. The lowest BCUT2D eigenvalue weighted by molar-refractivity contribution is 0.645. The Labute approximate surface area is 325 Å². The normalized spacial score (nSPS) is 13.8. The third kappa shape index (κ3) is 5.34. The molecule has 0 N–H and O–H groups in total. The van der Waals surface area contributed by atoms with Crippen LogP contribution in [0.1, 0.15) is 25.0 Å². The second-order valence-corrected chi connectivity index (χ2v) is 15.4. The monoisotopic (exact) mass is 704 g/mol. The fraction of sp³-hybridized carbons (Fsp3) is 0.0769. The molecule has 262 valence electrons. The van der Waals surface area contributed by atoms with Crippen molar-refractivity contribution in [2.75, 3.05) is 16.8 Å². The van der Waals surface area contributed by atoms with E-state index in [9.17, 15) is 0 Å². The van der Waals surface area contributed by atoms with Crippen LogP contribution in [-0.4, -0.2) is 13.9 Å². The molecule has 0 radical (unpaired) electrons. The topological polar surface area (TPSA) is 6.48 Å². The summed E-state index contributed by atoms with van der Waals surface area (Å²) in [5.74, 6) is 0. The van der Waals surface area contributed by atoms with E-state index in [4.69, 9.17) is 0 Å². The maximum atomic E-state index is 2.71. The summed E-state index contributed by atoms with van der Waals surface area (Å²) in [4.78, 5) is 5.16. The van der Waals surface area contributed by atoms with E-state index in [1.165, 1.54) is 89.3 Å². The molecule has 8 aromatic rings. The Morgan fingerprint density at radius 1 is 0.382 bits per heavy atom. The van der Waals surface area contributed by atoms with Gasteiger partial charge >= 0.3 is 6.85 Å². The lowest BCUT2D eigenvalue weighted by atomic mass is 9.40. The highest BCUT2D eigenvalue weighted by Crippen LogP contribution is 2.57. The van der Waals surface area contributed by atoms with Crippen LogP contribution >= 0.6 is 0 Å². The predicted octanol–water partition coefficient (Wildman–Crippen LogP) is 12.0. The van der Waals surface area contributed by atoms with Crippen LogP contribution in [0.15, 0.2) is 194 Å². The molecule has 8 aromatic carbocycles. The van der Waals surface area contributed by atoms with Crippen LogP contribution in [0.4, 0.5) is 22.7 Å². The Bertz CT molecular complexity index is 2500. The molecule has 0 bridgehead atoms. The van der Waals surface area contributed by atoms with Crippen molar-refractivity contribution in [3.8, 4) is 44.5 Å². The van der Waals surface area contributed by atoms with E-state index in [0.717, 1.165) is 0 Å². The summed E-state index contributed by atoms with van der Waals surface area (Å²) in [6.45, 7) is 4.67. The Kier molecular flexibility index (Phi) is 7.85. The minimum Gasteiger partial charge on any atom is -0.373 e. The van der Waals surface area contributed by atoms with Gasteiger partial charge < -0.3 is 9.71 Å². The second kappa shape index (κ2) is 13.1. The van der Waals surface area contributed by atoms with Crippen LogP contribution in [0.3, 0.4) is 0 Å². The van der Waals surface area contributed by atoms with Gasteiger partial charge in [-0.15, -0.1) is 0 Å². The standard InChI is InChI=1S/C52H41BN2/c1-52(2)44-28-16-18-30-46(44)53(47-31-19-17-29-45(47)52)55-50-42(38-24-12-6-13-25-38)32-40(36-20-8-4-9-21-36)34-48(50)54(3)49-35-41(37-22-10-5-11-23-37)33-43(51(49)55)39-26-14-7-15-27-39/h4-35H,1-3H3. The maximum Gasteiger partial charge on any atom is 0.328 e. The number of hydrogen-bond donors (Lipinski definition) is 0. The zero-order valence-corrected chi connectivity index (χ0v) is 31.4. The molecular weight excluding hydrogens is 663 g/mol. The van der Waals surface area contributed by atoms with E-state index >= 15 is 0 Å². The molecule has 2 aliphatic heterocycles. The molecule has 0 unspecified atom stereocenters. The molecule has 0 aromatic heterocycles. The zero-order valence-electron chi connectivity index (χ0n) is 31.4. The van der Waals surface area contributed by atoms with Gasteiger partial charge in [0.25, 0.3) is 0 Å². The Hall–Kier alpha value is -6.58. The van der Waals surface area contributed by atoms with Gasteiger partial charge in [0.2, 0.25) is 0 Å².